The number of pyridine rings is 1. The van der Waals surface area contributed by atoms with Gasteiger partial charge < -0.3 is 10.1 Å². The van der Waals surface area contributed by atoms with Crippen molar-refractivity contribution in [3.05, 3.63) is 23.9 Å². The van der Waals surface area contributed by atoms with E-state index in [1.807, 2.05) is 25.1 Å². The Morgan fingerprint density at radius 2 is 2.35 bits per heavy atom. The van der Waals surface area contributed by atoms with E-state index in [0.29, 0.717) is 6.42 Å². The third kappa shape index (κ3) is 2.96. The lowest BCUT2D eigenvalue weighted by atomic mass is 10.2. The standard InChI is InChI=1S/C13H18N2O2/c1-3-5-10-6-4-7-12(14-10)15-11-8-9(2)17-13(11)16/h4,6-7,9,11H,3,5,8H2,1-2H3,(H,14,15). The van der Waals surface area contributed by atoms with Gasteiger partial charge in [-0.15, -0.1) is 0 Å². The van der Waals surface area contributed by atoms with E-state index in [9.17, 15) is 4.79 Å². The molecule has 1 fully saturated rings. The number of aromatic nitrogens is 1. The number of anilines is 1. The van der Waals surface area contributed by atoms with Crippen molar-refractivity contribution in [3.8, 4) is 0 Å². The summed E-state index contributed by atoms with van der Waals surface area (Å²) in [6.45, 7) is 4.03. The molecule has 1 aliphatic heterocycles. The summed E-state index contributed by atoms with van der Waals surface area (Å²) in [4.78, 5) is 16.0. The second-order valence-electron chi connectivity index (χ2n) is 4.44. The highest BCUT2D eigenvalue weighted by atomic mass is 16.6. The van der Waals surface area contributed by atoms with Crippen LogP contribution < -0.4 is 5.32 Å². The Morgan fingerprint density at radius 1 is 1.53 bits per heavy atom. The molecule has 2 rings (SSSR count). The normalized spacial score (nSPS) is 23.5. The minimum Gasteiger partial charge on any atom is -0.461 e. The molecule has 1 aromatic heterocycles. The molecule has 0 saturated carbocycles. The summed E-state index contributed by atoms with van der Waals surface area (Å²) in [5.41, 5.74) is 1.05. The number of aryl methyl sites for hydroxylation is 1. The zero-order valence-corrected chi connectivity index (χ0v) is 10.3. The van der Waals surface area contributed by atoms with Crippen molar-refractivity contribution in [1.82, 2.24) is 4.98 Å². The Balaban J connectivity index is 2.03. The van der Waals surface area contributed by atoms with Crippen molar-refractivity contribution in [2.75, 3.05) is 5.32 Å². The zero-order chi connectivity index (χ0) is 12.3. The molecule has 0 bridgehead atoms. The molecule has 1 aliphatic rings. The third-order valence-corrected chi connectivity index (χ3v) is 2.80. The van der Waals surface area contributed by atoms with Crippen LogP contribution in [0.1, 0.15) is 32.4 Å². The molecular formula is C13H18N2O2. The van der Waals surface area contributed by atoms with Gasteiger partial charge in [-0.2, -0.15) is 0 Å². The van der Waals surface area contributed by atoms with Gasteiger partial charge in [0.05, 0.1) is 0 Å². The summed E-state index contributed by atoms with van der Waals surface area (Å²) in [6, 6.07) is 5.60. The highest BCUT2D eigenvalue weighted by Gasteiger charge is 2.31. The van der Waals surface area contributed by atoms with Crippen LogP contribution in [-0.4, -0.2) is 23.1 Å². The first-order chi connectivity index (χ1) is 8.19. The molecule has 0 aliphatic carbocycles. The lowest BCUT2D eigenvalue weighted by molar-refractivity contribution is -0.141. The van der Waals surface area contributed by atoms with Crippen molar-refractivity contribution in [3.63, 3.8) is 0 Å². The summed E-state index contributed by atoms with van der Waals surface area (Å²) in [7, 11) is 0. The molecule has 0 spiro atoms. The smallest absolute Gasteiger partial charge is 0.329 e. The minimum atomic E-state index is -0.255. The Kier molecular flexibility index (Phi) is 3.61. The average molecular weight is 234 g/mol. The molecule has 2 unspecified atom stereocenters. The van der Waals surface area contributed by atoms with Crippen molar-refractivity contribution < 1.29 is 9.53 Å². The van der Waals surface area contributed by atoms with E-state index in [1.54, 1.807) is 0 Å². The Labute approximate surface area is 101 Å². The van der Waals surface area contributed by atoms with Gasteiger partial charge in [-0.3, -0.25) is 0 Å². The lowest BCUT2D eigenvalue weighted by Crippen LogP contribution is -2.25. The molecule has 0 aromatic carbocycles. The van der Waals surface area contributed by atoms with Crippen molar-refractivity contribution >= 4 is 11.8 Å². The predicted octanol–water partition coefficient (Wildman–Crippen LogP) is 2.15. The summed E-state index contributed by atoms with van der Waals surface area (Å²) in [6.07, 6.45) is 2.73. The van der Waals surface area contributed by atoms with Gasteiger partial charge in [-0.05, 0) is 25.5 Å². The first-order valence-corrected chi connectivity index (χ1v) is 6.12. The van der Waals surface area contributed by atoms with Crippen LogP contribution in [0.3, 0.4) is 0 Å². The second-order valence-corrected chi connectivity index (χ2v) is 4.44. The molecule has 4 heteroatoms. The number of esters is 1. The van der Waals surface area contributed by atoms with Gasteiger partial charge in [-0.25, -0.2) is 9.78 Å². The average Bonchev–Trinajstić information content (AvgIpc) is 2.58. The van der Waals surface area contributed by atoms with Crippen molar-refractivity contribution in [2.24, 2.45) is 0 Å². The number of hydrogen-bond donors (Lipinski definition) is 1. The number of cyclic esters (lactones) is 1. The molecular weight excluding hydrogens is 216 g/mol. The van der Waals surface area contributed by atoms with Gasteiger partial charge in [0.2, 0.25) is 0 Å². The fourth-order valence-corrected chi connectivity index (χ4v) is 2.01. The van der Waals surface area contributed by atoms with E-state index in [0.717, 1.165) is 24.4 Å². The van der Waals surface area contributed by atoms with Gasteiger partial charge in [-0.1, -0.05) is 19.4 Å². The van der Waals surface area contributed by atoms with Crippen LogP contribution in [0, 0.1) is 0 Å². The summed E-state index contributed by atoms with van der Waals surface area (Å²) < 4.78 is 5.09. The van der Waals surface area contributed by atoms with Gasteiger partial charge in [0.25, 0.3) is 0 Å². The van der Waals surface area contributed by atoms with Gasteiger partial charge in [0.15, 0.2) is 0 Å². The molecule has 1 saturated heterocycles. The fraction of sp³-hybridized carbons (Fsp3) is 0.538. The molecule has 17 heavy (non-hydrogen) atoms. The zero-order valence-electron chi connectivity index (χ0n) is 10.3. The van der Waals surface area contributed by atoms with Gasteiger partial charge >= 0.3 is 5.97 Å². The minimum absolute atomic E-state index is 0.00109. The molecule has 92 valence electrons. The topological polar surface area (TPSA) is 51.2 Å². The van der Waals surface area contributed by atoms with Gasteiger partial charge in [0.1, 0.15) is 18.0 Å². The van der Waals surface area contributed by atoms with Crippen LogP contribution in [0.2, 0.25) is 0 Å². The molecule has 2 heterocycles. The van der Waals surface area contributed by atoms with Crippen LogP contribution in [0.5, 0.6) is 0 Å². The van der Waals surface area contributed by atoms with Crippen molar-refractivity contribution in [2.45, 2.75) is 45.3 Å². The van der Waals surface area contributed by atoms with E-state index >= 15 is 0 Å². The number of rotatable bonds is 4. The first-order valence-electron chi connectivity index (χ1n) is 6.12. The largest absolute Gasteiger partial charge is 0.461 e. The van der Waals surface area contributed by atoms with Crippen molar-refractivity contribution in [1.29, 1.82) is 0 Å². The number of carbonyl (C=O) groups is 1. The van der Waals surface area contributed by atoms with E-state index in [2.05, 4.69) is 17.2 Å². The SMILES string of the molecule is CCCc1cccc(NC2CC(C)OC2=O)n1. The van der Waals surface area contributed by atoms with Crippen LogP contribution in [0.4, 0.5) is 5.82 Å². The Bertz CT molecular complexity index is 406. The number of carbonyl (C=O) groups excluding carboxylic acids is 1. The molecule has 1 N–H and O–H groups in total. The van der Waals surface area contributed by atoms with Crippen LogP contribution in [0.15, 0.2) is 18.2 Å². The highest BCUT2D eigenvalue weighted by molar-refractivity contribution is 5.80. The van der Waals surface area contributed by atoms with Crippen LogP contribution in [-0.2, 0) is 16.0 Å². The molecule has 2 atom stereocenters. The van der Waals surface area contributed by atoms with Crippen LogP contribution in [0.25, 0.3) is 0 Å². The summed E-state index contributed by atoms with van der Waals surface area (Å²) in [5, 5.41) is 3.13. The van der Waals surface area contributed by atoms with E-state index in [4.69, 9.17) is 4.74 Å². The Hall–Kier alpha value is -1.58. The summed E-state index contributed by atoms with van der Waals surface area (Å²) in [5.74, 6) is 0.576. The fourth-order valence-electron chi connectivity index (χ4n) is 2.01. The summed E-state index contributed by atoms with van der Waals surface area (Å²) >= 11 is 0. The number of nitrogens with one attached hydrogen (secondary N) is 1. The highest BCUT2D eigenvalue weighted by Crippen LogP contribution is 2.18. The molecule has 0 radical (unpaired) electrons. The van der Waals surface area contributed by atoms with E-state index < -0.39 is 0 Å². The number of hydrogen-bond acceptors (Lipinski definition) is 4. The predicted molar refractivity (Wildman–Crippen MR) is 65.8 cm³/mol. The number of nitrogens with zero attached hydrogens (tertiary/aromatic N) is 1. The molecule has 4 nitrogen and oxygen atoms in total. The monoisotopic (exact) mass is 234 g/mol. The quantitative estimate of drug-likeness (QED) is 0.811. The molecule has 1 aromatic rings. The lowest BCUT2D eigenvalue weighted by Gasteiger charge is -2.10. The van der Waals surface area contributed by atoms with Crippen LogP contribution >= 0.6 is 0 Å². The van der Waals surface area contributed by atoms with Gasteiger partial charge in [0, 0.05) is 12.1 Å². The maximum absolute atomic E-state index is 11.5. The maximum atomic E-state index is 11.5. The van der Waals surface area contributed by atoms with E-state index in [-0.39, 0.29) is 18.1 Å². The maximum Gasteiger partial charge on any atom is 0.329 e. The molecule has 0 amide bonds. The van der Waals surface area contributed by atoms with E-state index in [1.165, 1.54) is 0 Å². The Morgan fingerprint density at radius 3 is 3.00 bits per heavy atom. The first kappa shape index (κ1) is 11.9. The number of ether oxygens (including phenoxy) is 1. The third-order valence-electron chi connectivity index (χ3n) is 2.80. The second kappa shape index (κ2) is 5.17.